The van der Waals surface area contributed by atoms with E-state index in [2.05, 4.69) is 30.3 Å². The van der Waals surface area contributed by atoms with Gasteiger partial charge in [-0.05, 0) is 74.1 Å². The molecule has 0 spiro atoms. The lowest BCUT2D eigenvalue weighted by Gasteiger charge is -2.32. The molecule has 4 rings (SSSR count). The Hall–Kier alpha value is -2.98. The van der Waals surface area contributed by atoms with Crippen molar-refractivity contribution in [2.24, 2.45) is 5.92 Å². The molecule has 0 saturated carbocycles. The molecular weight excluding hydrogens is 434 g/mol. The molecule has 0 bridgehead atoms. The van der Waals surface area contributed by atoms with Crippen molar-refractivity contribution in [1.29, 1.82) is 0 Å². The first-order valence-corrected chi connectivity index (χ1v) is 12.0. The van der Waals surface area contributed by atoms with Crippen LogP contribution in [0.15, 0.2) is 72.8 Å². The number of carbonyl (C=O) groups excluding carboxylic acids is 1. The Balaban J connectivity index is 1.40. The number of likely N-dealkylation sites (tertiary alicyclic amines) is 1. The molecule has 0 N–H and O–H groups in total. The van der Waals surface area contributed by atoms with Crippen LogP contribution < -0.4 is 9.47 Å². The molecule has 0 aliphatic carbocycles. The first-order chi connectivity index (χ1) is 16.1. The number of hydrogen-bond donors (Lipinski definition) is 0. The summed E-state index contributed by atoms with van der Waals surface area (Å²) >= 11 is 6.06. The molecular formula is C28H30ClNO3. The topological polar surface area (TPSA) is 38.8 Å². The van der Waals surface area contributed by atoms with Gasteiger partial charge >= 0.3 is 0 Å². The minimum absolute atomic E-state index is 0.0696. The van der Waals surface area contributed by atoms with E-state index in [1.165, 1.54) is 5.56 Å². The van der Waals surface area contributed by atoms with Gasteiger partial charge in [0.25, 0.3) is 5.91 Å². The summed E-state index contributed by atoms with van der Waals surface area (Å²) in [5.74, 6) is 2.11. The largest absolute Gasteiger partial charge is 0.493 e. The quantitative estimate of drug-likeness (QED) is 0.387. The highest BCUT2D eigenvalue weighted by Crippen LogP contribution is 2.27. The second kappa shape index (κ2) is 11.2. The van der Waals surface area contributed by atoms with Crippen LogP contribution in [0.4, 0.5) is 0 Å². The van der Waals surface area contributed by atoms with Crippen LogP contribution in [0.3, 0.4) is 0 Å². The Labute approximate surface area is 201 Å². The molecule has 0 radical (unpaired) electrons. The van der Waals surface area contributed by atoms with Gasteiger partial charge < -0.3 is 14.4 Å². The lowest BCUT2D eigenvalue weighted by Crippen LogP contribution is -2.39. The van der Waals surface area contributed by atoms with Gasteiger partial charge in [-0.3, -0.25) is 4.79 Å². The number of hydrogen-bond acceptors (Lipinski definition) is 3. The summed E-state index contributed by atoms with van der Waals surface area (Å²) < 4.78 is 11.7. The fraction of sp³-hybridized carbons (Fsp3) is 0.321. The summed E-state index contributed by atoms with van der Waals surface area (Å²) in [6, 6.07) is 23.5. The highest BCUT2D eigenvalue weighted by atomic mass is 35.5. The van der Waals surface area contributed by atoms with E-state index in [1.54, 1.807) is 6.07 Å². The number of amides is 1. The van der Waals surface area contributed by atoms with Gasteiger partial charge in [0.1, 0.15) is 18.1 Å². The number of halogens is 1. The molecule has 33 heavy (non-hydrogen) atoms. The maximum atomic E-state index is 13.2. The molecule has 1 aliphatic heterocycles. The molecule has 1 saturated heterocycles. The van der Waals surface area contributed by atoms with Crippen molar-refractivity contribution in [2.45, 2.75) is 32.8 Å². The van der Waals surface area contributed by atoms with E-state index < -0.39 is 0 Å². The summed E-state index contributed by atoms with van der Waals surface area (Å²) in [6.07, 6.45) is 3.14. The highest BCUT2D eigenvalue weighted by molar-refractivity contribution is 6.30. The fourth-order valence-electron chi connectivity index (χ4n) is 4.31. The molecule has 1 heterocycles. The number of benzene rings is 3. The number of ether oxygens (including phenoxy) is 2. The van der Waals surface area contributed by atoms with E-state index in [-0.39, 0.29) is 5.91 Å². The summed E-state index contributed by atoms with van der Waals surface area (Å²) in [5.41, 5.74) is 2.89. The molecule has 4 nitrogen and oxygen atoms in total. The van der Waals surface area contributed by atoms with Crippen LogP contribution in [0.25, 0.3) is 0 Å². The lowest BCUT2D eigenvalue weighted by molar-refractivity contribution is 0.0690. The van der Waals surface area contributed by atoms with Gasteiger partial charge in [-0.1, -0.05) is 48.0 Å². The van der Waals surface area contributed by atoms with Gasteiger partial charge in [0, 0.05) is 29.2 Å². The number of piperidine rings is 1. The van der Waals surface area contributed by atoms with Crippen molar-refractivity contribution in [3.8, 4) is 11.5 Å². The van der Waals surface area contributed by atoms with Crippen molar-refractivity contribution in [3.05, 3.63) is 94.5 Å². The second-order valence-corrected chi connectivity index (χ2v) is 8.86. The van der Waals surface area contributed by atoms with Crippen LogP contribution in [0.1, 0.15) is 41.3 Å². The van der Waals surface area contributed by atoms with Gasteiger partial charge in [-0.25, -0.2) is 0 Å². The van der Waals surface area contributed by atoms with Gasteiger partial charge in [-0.2, -0.15) is 0 Å². The predicted octanol–water partition coefficient (Wildman–Crippen LogP) is 6.41. The Morgan fingerprint density at radius 2 is 1.76 bits per heavy atom. The average Bonchev–Trinajstić information content (AvgIpc) is 2.84. The third-order valence-corrected chi connectivity index (χ3v) is 6.30. The molecule has 0 aromatic heterocycles. The van der Waals surface area contributed by atoms with Crippen LogP contribution in [-0.2, 0) is 13.0 Å². The normalized spacial score (nSPS) is 14.2. The third-order valence-electron chi connectivity index (χ3n) is 6.07. The van der Waals surface area contributed by atoms with E-state index in [0.29, 0.717) is 35.5 Å². The molecule has 1 amide bonds. The summed E-state index contributed by atoms with van der Waals surface area (Å²) in [4.78, 5) is 15.2. The van der Waals surface area contributed by atoms with Crippen LogP contribution in [0, 0.1) is 5.92 Å². The summed E-state index contributed by atoms with van der Waals surface area (Å²) in [6.45, 7) is 4.37. The van der Waals surface area contributed by atoms with Crippen molar-refractivity contribution >= 4 is 17.5 Å². The van der Waals surface area contributed by atoms with E-state index in [9.17, 15) is 4.79 Å². The smallest absolute Gasteiger partial charge is 0.253 e. The van der Waals surface area contributed by atoms with Crippen LogP contribution in [0.2, 0.25) is 5.02 Å². The Morgan fingerprint density at radius 1 is 0.970 bits per heavy atom. The van der Waals surface area contributed by atoms with Crippen molar-refractivity contribution < 1.29 is 14.3 Å². The molecule has 1 fully saturated rings. The summed E-state index contributed by atoms with van der Waals surface area (Å²) in [7, 11) is 0. The molecule has 0 atom stereocenters. The fourth-order valence-corrected chi connectivity index (χ4v) is 4.49. The minimum Gasteiger partial charge on any atom is -0.493 e. The average molecular weight is 464 g/mol. The van der Waals surface area contributed by atoms with Crippen LogP contribution >= 0.6 is 11.6 Å². The number of rotatable bonds is 8. The summed E-state index contributed by atoms with van der Waals surface area (Å²) in [5, 5.41) is 0.622. The van der Waals surface area contributed by atoms with Crippen LogP contribution in [0.5, 0.6) is 11.5 Å². The predicted molar refractivity (Wildman–Crippen MR) is 132 cm³/mol. The van der Waals surface area contributed by atoms with Crippen LogP contribution in [-0.4, -0.2) is 30.5 Å². The maximum absolute atomic E-state index is 13.2. The van der Waals surface area contributed by atoms with Crippen molar-refractivity contribution in [1.82, 2.24) is 4.90 Å². The number of carbonyl (C=O) groups is 1. The van der Waals surface area contributed by atoms with Gasteiger partial charge in [0.2, 0.25) is 0 Å². The van der Waals surface area contributed by atoms with E-state index >= 15 is 0 Å². The molecule has 3 aromatic carbocycles. The second-order valence-electron chi connectivity index (χ2n) is 8.43. The molecule has 172 valence electrons. The maximum Gasteiger partial charge on any atom is 0.253 e. The van der Waals surface area contributed by atoms with Crippen molar-refractivity contribution in [3.63, 3.8) is 0 Å². The van der Waals surface area contributed by atoms with Gasteiger partial charge in [0.05, 0.1) is 6.61 Å². The zero-order chi connectivity index (χ0) is 23.0. The number of nitrogens with zero attached hydrogens (tertiary/aromatic N) is 1. The minimum atomic E-state index is 0.0696. The third kappa shape index (κ3) is 6.29. The van der Waals surface area contributed by atoms with E-state index in [1.807, 2.05) is 48.2 Å². The van der Waals surface area contributed by atoms with E-state index in [0.717, 1.165) is 43.7 Å². The zero-order valence-electron chi connectivity index (χ0n) is 19.0. The SMILES string of the molecule is CCOc1ccc(C(=O)N2CCC(Cc3ccccc3)CC2)cc1COc1cccc(Cl)c1. The van der Waals surface area contributed by atoms with Crippen molar-refractivity contribution in [2.75, 3.05) is 19.7 Å². The Morgan fingerprint density at radius 3 is 2.48 bits per heavy atom. The Bertz CT molecular complexity index is 1060. The van der Waals surface area contributed by atoms with Gasteiger partial charge in [0.15, 0.2) is 0 Å². The highest BCUT2D eigenvalue weighted by Gasteiger charge is 2.24. The molecule has 3 aromatic rings. The standard InChI is InChI=1S/C28H30ClNO3/c1-2-32-27-12-11-23(18-24(27)20-33-26-10-6-9-25(29)19-26)28(31)30-15-13-22(14-16-30)17-21-7-4-3-5-8-21/h3-12,18-19,22H,2,13-17,20H2,1H3. The van der Waals surface area contributed by atoms with Gasteiger partial charge in [-0.15, -0.1) is 0 Å². The molecule has 1 aliphatic rings. The monoisotopic (exact) mass is 463 g/mol. The Kier molecular flexibility index (Phi) is 7.90. The lowest BCUT2D eigenvalue weighted by atomic mass is 9.90. The van der Waals surface area contributed by atoms with E-state index in [4.69, 9.17) is 21.1 Å². The first-order valence-electron chi connectivity index (χ1n) is 11.6. The zero-order valence-corrected chi connectivity index (χ0v) is 19.8. The molecule has 5 heteroatoms. The molecule has 0 unspecified atom stereocenters. The first kappa shape index (κ1) is 23.2.